The van der Waals surface area contributed by atoms with E-state index in [0.717, 1.165) is 29.7 Å². The second kappa shape index (κ2) is 6.55. The van der Waals surface area contributed by atoms with Gasteiger partial charge in [-0.15, -0.1) is 0 Å². The molecule has 0 radical (unpaired) electrons. The Morgan fingerprint density at radius 3 is 2.56 bits per heavy atom. The fraction of sp³-hybridized carbons (Fsp3) is 0.533. The first-order chi connectivity index (χ1) is 8.49. The molecule has 100 valence electrons. The van der Waals surface area contributed by atoms with Gasteiger partial charge in [-0.3, -0.25) is 4.79 Å². The lowest BCUT2D eigenvalue weighted by atomic mass is 10.0. The molecular formula is C15H23NO2. The molecule has 3 nitrogen and oxygen atoms in total. The van der Waals surface area contributed by atoms with Gasteiger partial charge in [0.1, 0.15) is 0 Å². The molecule has 0 N–H and O–H groups in total. The molecule has 0 aromatic heterocycles. The summed E-state index contributed by atoms with van der Waals surface area (Å²) in [5.41, 5.74) is 2.62. The maximum Gasteiger partial charge on any atom is 0.254 e. The van der Waals surface area contributed by atoms with E-state index < -0.39 is 0 Å². The van der Waals surface area contributed by atoms with Crippen molar-refractivity contribution in [1.29, 1.82) is 0 Å². The average molecular weight is 249 g/mol. The Kier molecular flexibility index (Phi) is 5.35. The van der Waals surface area contributed by atoms with Crippen molar-refractivity contribution >= 4 is 5.91 Å². The lowest BCUT2D eigenvalue weighted by Crippen LogP contribution is -2.31. The minimum atomic E-state index is 0.0770. The van der Waals surface area contributed by atoms with E-state index in [1.807, 2.05) is 37.8 Å². The molecule has 1 rings (SSSR count). The summed E-state index contributed by atoms with van der Waals surface area (Å²) >= 11 is 0. The van der Waals surface area contributed by atoms with Crippen molar-refractivity contribution in [3.05, 3.63) is 35.5 Å². The first kappa shape index (κ1) is 14.7. The molecule has 1 aliphatic heterocycles. The van der Waals surface area contributed by atoms with Crippen LogP contribution in [0.4, 0.5) is 0 Å². The van der Waals surface area contributed by atoms with Crippen molar-refractivity contribution in [2.24, 2.45) is 0 Å². The normalized spacial score (nSPS) is 21.3. The topological polar surface area (TPSA) is 29.5 Å². The maximum atomic E-state index is 12.5. The van der Waals surface area contributed by atoms with Gasteiger partial charge in [0.25, 0.3) is 5.91 Å². The van der Waals surface area contributed by atoms with E-state index in [9.17, 15) is 4.79 Å². The Labute approximate surface area is 110 Å². The number of amides is 1. The first-order valence-corrected chi connectivity index (χ1v) is 6.32. The number of hydrogen-bond donors (Lipinski definition) is 0. The number of carbonyl (C=O) groups is 1. The van der Waals surface area contributed by atoms with Gasteiger partial charge in [-0.25, -0.2) is 0 Å². The van der Waals surface area contributed by atoms with Gasteiger partial charge in [-0.05, 0) is 38.8 Å². The number of likely N-dealkylation sites (tertiary alicyclic amines) is 1. The molecule has 0 saturated carbocycles. The van der Waals surface area contributed by atoms with Crippen molar-refractivity contribution in [3.8, 4) is 0 Å². The van der Waals surface area contributed by atoms with Gasteiger partial charge in [0.2, 0.25) is 0 Å². The summed E-state index contributed by atoms with van der Waals surface area (Å²) in [5, 5.41) is 0. The fourth-order valence-electron chi connectivity index (χ4n) is 2.02. The highest BCUT2D eigenvalue weighted by Crippen LogP contribution is 2.20. The zero-order valence-corrected chi connectivity index (χ0v) is 11.8. The Balaban J connectivity index is 2.88. The Morgan fingerprint density at radius 2 is 2.11 bits per heavy atom. The fourth-order valence-corrected chi connectivity index (χ4v) is 2.02. The zero-order chi connectivity index (χ0) is 13.7. The van der Waals surface area contributed by atoms with E-state index in [-0.39, 0.29) is 12.0 Å². The molecule has 3 heteroatoms. The molecule has 1 unspecified atom stereocenters. The Hall–Kier alpha value is -1.35. The van der Waals surface area contributed by atoms with Crippen molar-refractivity contribution in [3.63, 3.8) is 0 Å². The standard InChI is InChI=1S/C15H23NO2/c1-6-12(4)14(9-11(2)3)15(17)16-8-7-13(10-16)18-5/h6,9,13H,2,7-8,10H2,1,3-5H3/b12-6-,14-9+. The highest BCUT2D eigenvalue weighted by Gasteiger charge is 2.28. The Morgan fingerprint density at radius 1 is 1.44 bits per heavy atom. The minimum Gasteiger partial charge on any atom is -0.380 e. The van der Waals surface area contributed by atoms with E-state index in [0.29, 0.717) is 6.54 Å². The molecule has 0 bridgehead atoms. The minimum absolute atomic E-state index is 0.0770. The van der Waals surface area contributed by atoms with E-state index in [1.54, 1.807) is 7.11 Å². The molecule has 1 aliphatic rings. The monoisotopic (exact) mass is 249 g/mol. The lowest BCUT2D eigenvalue weighted by molar-refractivity contribution is -0.126. The average Bonchev–Trinajstić information content (AvgIpc) is 2.82. The van der Waals surface area contributed by atoms with Gasteiger partial charge in [-0.1, -0.05) is 18.2 Å². The van der Waals surface area contributed by atoms with Crippen molar-refractivity contribution in [2.75, 3.05) is 20.2 Å². The van der Waals surface area contributed by atoms with Crippen LogP contribution in [0, 0.1) is 0 Å². The van der Waals surface area contributed by atoms with Gasteiger partial charge in [0.15, 0.2) is 0 Å². The third kappa shape index (κ3) is 3.57. The van der Waals surface area contributed by atoms with E-state index in [1.165, 1.54) is 0 Å². The maximum absolute atomic E-state index is 12.5. The lowest BCUT2D eigenvalue weighted by Gasteiger charge is -2.19. The molecule has 1 heterocycles. The smallest absolute Gasteiger partial charge is 0.254 e. The number of methoxy groups -OCH3 is 1. The highest BCUT2D eigenvalue weighted by molar-refractivity contribution is 5.98. The highest BCUT2D eigenvalue weighted by atomic mass is 16.5. The van der Waals surface area contributed by atoms with Crippen LogP contribution >= 0.6 is 0 Å². The Bertz CT molecular complexity index is 393. The molecule has 18 heavy (non-hydrogen) atoms. The number of hydrogen-bond acceptors (Lipinski definition) is 2. The molecule has 1 atom stereocenters. The van der Waals surface area contributed by atoms with Crippen LogP contribution in [0.15, 0.2) is 35.5 Å². The van der Waals surface area contributed by atoms with E-state index in [4.69, 9.17) is 4.74 Å². The molecule has 1 saturated heterocycles. The largest absolute Gasteiger partial charge is 0.380 e. The van der Waals surface area contributed by atoms with Crippen LogP contribution in [0.3, 0.4) is 0 Å². The third-order valence-electron chi connectivity index (χ3n) is 3.24. The van der Waals surface area contributed by atoms with Crippen LogP contribution < -0.4 is 0 Å². The van der Waals surface area contributed by atoms with Gasteiger partial charge in [0, 0.05) is 25.8 Å². The second-order valence-corrected chi connectivity index (χ2v) is 4.77. The van der Waals surface area contributed by atoms with Crippen LogP contribution in [0.1, 0.15) is 27.2 Å². The van der Waals surface area contributed by atoms with Gasteiger partial charge in [-0.2, -0.15) is 0 Å². The molecule has 0 aliphatic carbocycles. The summed E-state index contributed by atoms with van der Waals surface area (Å²) in [6.45, 7) is 11.1. The van der Waals surface area contributed by atoms with Crippen molar-refractivity contribution in [1.82, 2.24) is 4.90 Å². The predicted molar refractivity (Wildman–Crippen MR) is 74.3 cm³/mol. The summed E-state index contributed by atoms with van der Waals surface area (Å²) in [7, 11) is 1.69. The SMILES string of the molecule is C=C(C)/C=C(C(=O)N1CCC(OC)C1)\C(C)=C/C. The molecule has 1 amide bonds. The quantitative estimate of drug-likeness (QED) is 0.566. The van der Waals surface area contributed by atoms with Crippen molar-refractivity contribution < 1.29 is 9.53 Å². The summed E-state index contributed by atoms with van der Waals surface area (Å²) in [4.78, 5) is 14.3. The number of allylic oxidation sites excluding steroid dienone is 3. The third-order valence-corrected chi connectivity index (χ3v) is 3.24. The number of nitrogens with zero attached hydrogens (tertiary/aromatic N) is 1. The van der Waals surface area contributed by atoms with Gasteiger partial charge >= 0.3 is 0 Å². The van der Waals surface area contributed by atoms with Crippen LogP contribution in [0.2, 0.25) is 0 Å². The summed E-state index contributed by atoms with van der Waals surface area (Å²) in [5.74, 6) is 0.0770. The first-order valence-electron chi connectivity index (χ1n) is 6.32. The number of carbonyl (C=O) groups excluding carboxylic acids is 1. The van der Waals surface area contributed by atoms with Crippen molar-refractivity contribution in [2.45, 2.75) is 33.3 Å². The molecular weight excluding hydrogens is 226 g/mol. The second-order valence-electron chi connectivity index (χ2n) is 4.77. The summed E-state index contributed by atoms with van der Waals surface area (Å²) < 4.78 is 5.29. The van der Waals surface area contributed by atoms with Crippen LogP contribution in [-0.2, 0) is 9.53 Å². The van der Waals surface area contributed by atoms with E-state index in [2.05, 4.69) is 6.58 Å². The van der Waals surface area contributed by atoms with Crippen LogP contribution in [0.5, 0.6) is 0 Å². The zero-order valence-electron chi connectivity index (χ0n) is 11.8. The van der Waals surface area contributed by atoms with Gasteiger partial charge < -0.3 is 9.64 Å². The number of rotatable bonds is 4. The molecule has 0 aromatic rings. The molecule has 1 fully saturated rings. The predicted octanol–water partition coefficient (Wildman–Crippen LogP) is 2.70. The summed E-state index contributed by atoms with van der Waals surface area (Å²) in [6.07, 6.45) is 4.90. The summed E-state index contributed by atoms with van der Waals surface area (Å²) in [6, 6.07) is 0. The van der Waals surface area contributed by atoms with E-state index >= 15 is 0 Å². The number of ether oxygens (including phenoxy) is 1. The molecule has 0 aromatic carbocycles. The molecule has 0 spiro atoms. The van der Waals surface area contributed by atoms with Crippen LogP contribution in [-0.4, -0.2) is 37.1 Å². The van der Waals surface area contributed by atoms with Gasteiger partial charge in [0.05, 0.1) is 6.10 Å². The van der Waals surface area contributed by atoms with Crippen LogP contribution in [0.25, 0.3) is 0 Å².